The maximum absolute atomic E-state index is 12.7. The number of aromatic nitrogens is 1. The van der Waals surface area contributed by atoms with Crippen LogP contribution in [0.4, 0.5) is 13.2 Å². The van der Waals surface area contributed by atoms with Gasteiger partial charge in [-0.2, -0.15) is 13.2 Å². The smallest absolute Gasteiger partial charge is 0.426 e. The molecule has 1 fully saturated rings. The highest BCUT2D eigenvalue weighted by molar-refractivity contribution is 6.30. The van der Waals surface area contributed by atoms with Crippen LogP contribution < -0.4 is 0 Å². The fourth-order valence-corrected chi connectivity index (χ4v) is 3.74. The van der Waals surface area contributed by atoms with E-state index < -0.39 is 34.4 Å². The molecular formula is C22H21ClF3NO2. The van der Waals surface area contributed by atoms with Gasteiger partial charge < -0.3 is 4.74 Å². The van der Waals surface area contributed by atoms with E-state index >= 15 is 0 Å². The third-order valence-corrected chi connectivity index (χ3v) is 5.89. The van der Waals surface area contributed by atoms with Crippen molar-refractivity contribution in [2.75, 3.05) is 0 Å². The molecule has 154 valence electrons. The van der Waals surface area contributed by atoms with Gasteiger partial charge in [-0.15, -0.1) is 0 Å². The van der Waals surface area contributed by atoms with Crippen LogP contribution in [0, 0.1) is 24.2 Å². The second-order valence-corrected chi connectivity index (χ2v) is 8.18. The predicted octanol–water partition coefficient (Wildman–Crippen LogP) is 6.06. The second kappa shape index (κ2) is 7.82. The van der Waals surface area contributed by atoms with Gasteiger partial charge in [0.2, 0.25) is 0 Å². The first-order valence-corrected chi connectivity index (χ1v) is 9.51. The summed E-state index contributed by atoms with van der Waals surface area (Å²) in [6, 6.07) is 9.48. The van der Waals surface area contributed by atoms with E-state index in [9.17, 15) is 18.0 Å². The van der Waals surface area contributed by atoms with Crippen LogP contribution in [-0.2, 0) is 16.1 Å². The largest absolute Gasteiger partial charge is 0.461 e. The predicted molar refractivity (Wildman–Crippen MR) is 105 cm³/mol. The van der Waals surface area contributed by atoms with E-state index in [2.05, 4.69) is 4.98 Å². The zero-order valence-corrected chi connectivity index (χ0v) is 17.0. The third-order valence-electron chi connectivity index (χ3n) is 5.55. The first-order chi connectivity index (χ1) is 13.5. The Balaban J connectivity index is 1.70. The number of allylic oxidation sites excluding steroid dienone is 2. The molecule has 0 spiro atoms. The summed E-state index contributed by atoms with van der Waals surface area (Å²) in [7, 11) is 0. The maximum Gasteiger partial charge on any atom is 0.426 e. The monoisotopic (exact) mass is 423 g/mol. The first-order valence-electron chi connectivity index (χ1n) is 9.13. The van der Waals surface area contributed by atoms with Crippen LogP contribution in [0.3, 0.4) is 0 Å². The SMILES string of the molecule is Cc1c(COC(=O)C2C(/C=C(\Cl)C(F)(F)F)C2(C)C)cccc1-c1cccnc1. The van der Waals surface area contributed by atoms with Crippen LogP contribution in [-0.4, -0.2) is 17.1 Å². The van der Waals surface area contributed by atoms with Crippen molar-refractivity contribution < 1.29 is 22.7 Å². The summed E-state index contributed by atoms with van der Waals surface area (Å²) in [6.45, 7) is 5.44. The number of nitrogens with zero attached hydrogens (tertiary/aromatic N) is 1. The summed E-state index contributed by atoms with van der Waals surface area (Å²) >= 11 is 5.34. The third kappa shape index (κ3) is 4.47. The van der Waals surface area contributed by atoms with Crippen molar-refractivity contribution in [3.05, 3.63) is 65.0 Å². The fraction of sp³-hybridized carbons (Fsp3) is 0.364. The molecule has 2 unspecified atom stereocenters. The molecule has 0 amide bonds. The minimum absolute atomic E-state index is 0.0504. The molecule has 1 heterocycles. The van der Waals surface area contributed by atoms with Gasteiger partial charge in [0.1, 0.15) is 11.6 Å². The second-order valence-electron chi connectivity index (χ2n) is 7.78. The molecule has 1 aromatic carbocycles. The van der Waals surface area contributed by atoms with Crippen LogP contribution >= 0.6 is 11.6 Å². The summed E-state index contributed by atoms with van der Waals surface area (Å²) < 4.78 is 43.5. The average molecular weight is 424 g/mol. The number of pyridine rings is 1. The summed E-state index contributed by atoms with van der Waals surface area (Å²) in [5.74, 6) is -1.78. The van der Waals surface area contributed by atoms with Gasteiger partial charge in [-0.1, -0.05) is 55.8 Å². The lowest BCUT2D eigenvalue weighted by molar-refractivity contribution is -0.147. The summed E-state index contributed by atoms with van der Waals surface area (Å²) in [4.78, 5) is 16.6. The molecule has 2 atom stereocenters. The van der Waals surface area contributed by atoms with E-state index in [-0.39, 0.29) is 6.61 Å². The van der Waals surface area contributed by atoms with Gasteiger partial charge in [0.25, 0.3) is 0 Å². The maximum atomic E-state index is 12.7. The van der Waals surface area contributed by atoms with Crippen LogP contribution in [0.5, 0.6) is 0 Å². The lowest BCUT2D eigenvalue weighted by Crippen LogP contribution is -2.11. The van der Waals surface area contributed by atoms with Crippen molar-refractivity contribution in [1.29, 1.82) is 0 Å². The van der Waals surface area contributed by atoms with Gasteiger partial charge in [-0.25, -0.2) is 0 Å². The Labute approximate surface area is 172 Å². The lowest BCUT2D eigenvalue weighted by atomic mass is 9.98. The van der Waals surface area contributed by atoms with Crippen molar-refractivity contribution in [3.8, 4) is 11.1 Å². The number of carbonyl (C=O) groups is 1. The Hall–Kier alpha value is -2.34. The van der Waals surface area contributed by atoms with Crippen molar-refractivity contribution in [2.45, 2.75) is 33.6 Å². The number of esters is 1. The highest BCUT2D eigenvalue weighted by atomic mass is 35.5. The van der Waals surface area contributed by atoms with Crippen LogP contribution in [0.25, 0.3) is 11.1 Å². The minimum Gasteiger partial charge on any atom is -0.461 e. The molecule has 1 aromatic heterocycles. The average Bonchev–Trinajstić information content (AvgIpc) is 3.20. The molecule has 0 bridgehead atoms. The normalized spacial score (nSPS) is 21.0. The van der Waals surface area contributed by atoms with Gasteiger partial charge >= 0.3 is 12.1 Å². The number of halogens is 4. The standard InChI is InChI=1S/C22H21ClF3NO2/c1-13-15(6-4-8-16(13)14-7-5-9-27-11-14)12-29-20(28)19-17(21(19,2)3)10-18(23)22(24,25)26/h4-11,17,19H,12H2,1-3H3/b18-10-. The van der Waals surface area contributed by atoms with Gasteiger partial charge in [0, 0.05) is 18.0 Å². The quantitative estimate of drug-likeness (QED) is 0.549. The molecular weight excluding hydrogens is 403 g/mol. The van der Waals surface area contributed by atoms with Gasteiger partial charge in [-0.05, 0) is 41.0 Å². The fourth-order valence-electron chi connectivity index (χ4n) is 3.60. The van der Waals surface area contributed by atoms with Crippen LogP contribution in [0.1, 0.15) is 25.0 Å². The summed E-state index contributed by atoms with van der Waals surface area (Å²) in [5, 5.41) is -1.20. The number of carbonyl (C=O) groups excluding carboxylic acids is 1. The topological polar surface area (TPSA) is 39.2 Å². The van der Waals surface area contributed by atoms with Crippen molar-refractivity contribution >= 4 is 17.6 Å². The van der Waals surface area contributed by atoms with Gasteiger partial charge in [-0.3, -0.25) is 9.78 Å². The van der Waals surface area contributed by atoms with Gasteiger partial charge in [0.15, 0.2) is 0 Å². The molecule has 0 radical (unpaired) electrons. The van der Waals surface area contributed by atoms with Crippen molar-refractivity contribution in [2.24, 2.45) is 17.3 Å². The molecule has 1 aliphatic rings. The highest BCUT2D eigenvalue weighted by Crippen LogP contribution is 2.60. The molecule has 0 saturated heterocycles. The van der Waals surface area contributed by atoms with Crippen molar-refractivity contribution in [1.82, 2.24) is 4.98 Å². The Bertz CT molecular complexity index is 939. The molecule has 1 aliphatic carbocycles. The number of alkyl halides is 3. The van der Waals surface area contributed by atoms with E-state index in [0.29, 0.717) is 0 Å². The molecule has 0 N–H and O–H groups in total. The number of benzene rings is 1. The molecule has 2 aromatic rings. The summed E-state index contributed by atoms with van der Waals surface area (Å²) in [6.07, 6.45) is -0.246. The zero-order valence-electron chi connectivity index (χ0n) is 16.3. The van der Waals surface area contributed by atoms with E-state index in [1.54, 1.807) is 26.2 Å². The first kappa shape index (κ1) is 21.4. The van der Waals surface area contributed by atoms with Crippen molar-refractivity contribution in [3.63, 3.8) is 0 Å². The van der Waals surface area contributed by atoms with E-state index in [0.717, 1.165) is 28.3 Å². The number of hydrogen-bond acceptors (Lipinski definition) is 3. The molecule has 7 heteroatoms. The highest BCUT2D eigenvalue weighted by Gasteiger charge is 2.62. The Morgan fingerprint density at radius 3 is 2.62 bits per heavy atom. The van der Waals surface area contributed by atoms with E-state index in [1.807, 2.05) is 37.3 Å². The van der Waals surface area contributed by atoms with Crippen LogP contribution in [0.2, 0.25) is 0 Å². The Kier molecular flexibility index (Phi) is 5.77. The molecule has 3 nitrogen and oxygen atoms in total. The Morgan fingerprint density at radius 2 is 2.00 bits per heavy atom. The van der Waals surface area contributed by atoms with Gasteiger partial charge in [0.05, 0.1) is 5.92 Å². The minimum atomic E-state index is -4.61. The number of ether oxygens (including phenoxy) is 1. The number of rotatable bonds is 5. The molecule has 0 aliphatic heterocycles. The molecule has 29 heavy (non-hydrogen) atoms. The Morgan fingerprint density at radius 1 is 1.28 bits per heavy atom. The molecule has 1 saturated carbocycles. The molecule has 3 rings (SSSR count). The van der Waals surface area contributed by atoms with E-state index in [4.69, 9.17) is 16.3 Å². The van der Waals surface area contributed by atoms with E-state index in [1.165, 1.54) is 0 Å². The summed E-state index contributed by atoms with van der Waals surface area (Å²) in [5.41, 5.74) is 3.10. The zero-order chi connectivity index (χ0) is 21.4. The number of hydrogen-bond donors (Lipinski definition) is 0. The lowest BCUT2D eigenvalue weighted by Gasteiger charge is -2.12. The van der Waals surface area contributed by atoms with Crippen LogP contribution in [0.15, 0.2) is 53.8 Å².